The molecule has 0 N–H and O–H groups in total. The second kappa shape index (κ2) is 40.6. The minimum atomic E-state index is 1.31. The molecule has 0 bridgehead atoms. The summed E-state index contributed by atoms with van der Waals surface area (Å²) in [6.07, 6.45) is 19.9. The van der Waals surface area contributed by atoms with Gasteiger partial charge in [-0.3, -0.25) is 0 Å². The zero-order valence-corrected chi connectivity index (χ0v) is 21.5. The molecule has 0 saturated heterocycles. The van der Waals surface area contributed by atoms with E-state index in [-0.39, 0.29) is 0 Å². The normalized spacial score (nSPS) is 9.56. The molecule has 0 radical (unpaired) electrons. The molecule has 0 atom stereocenters. The summed E-state index contributed by atoms with van der Waals surface area (Å²) in [6, 6.07) is 0. The molecular formula is C26H61N. The largest absolute Gasteiger partial charge is 0.303 e. The monoisotopic (exact) mass is 387 g/mol. The van der Waals surface area contributed by atoms with Crippen molar-refractivity contribution < 1.29 is 0 Å². The van der Waals surface area contributed by atoms with Crippen molar-refractivity contribution in [3.63, 3.8) is 0 Å². The summed E-state index contributed by atoms with van der Waals surface area (Å²) in [5.41, 5.74) is 0. The first-order valence-electron chi connectivity index (χ1n) is 13.1. The van der Waals surface area contributed by atoms with Crippen LogP contribution in [-0.4, -0.2) is 24.5 Å². The molecule has 0 aromatic heterocycles. The molecule has 170 valence electrons. The lowest BCUT2D eigenvalue weighted by Crippen LogP contribution is -2.27. The molecule has 0 saturated carbocycles. The third-order valence-corrected chi connectivity index (χ3v) is 4.45. The zero-order chi connectivity index (χ0) is 21.6. The maximum absolute atomic E-state index is 2.71. The van der Waals surface area contributed by atoms with Gasteiger partial charge in [0.1, 0.15) is 0 Å². The van der Waals surface area contributed by atoms with Crippen molar-refractivity contribution in [1.82, 2.24) is 4.90 Å². The molecule has 0 aliphatic heterocycles. The van der Waals surface area contributed by atoms with E-state index in [2.05, 4.69) is 25.7 Å². The lowest BCUT2D eigenvalue weighted by Gasteiger charge is -2.21. The lowest BCUT2D eigenvalue weighted by atomic mass is 10.1. The predicted molar refractivity (Wildman–Crippen MR) is 132 cm³/mol. The summed E-state index contributed by atoms with van der Waals surface area (Å²) in [7, 11) is 0. The predicted octanol–water partition coefficient (Wildman–Crippen LogP) is 9.89. The molecule has 27 heavy (non-hydrogen) atoms. The molecule has 0 fully saturated rings. The second-order valence-electron chi connectivity index (χ2n) is 6.73. The average molecular weight is 388 g/mol. The van der Waals surface area contributed by atoms with Crippen LogP contribution in [0.25, 0.3) is 0 Å². The summed E-state index contributed by atoms with van der Waals surface area (Å²) in [5, 5.41) is 0. The molecule has 0 unspecified atom stereocenters. The Morgan fingerprint density at radius 2 is 0.630 bits per heavy atom. The van der Waals surface area contributed by atoms with Crippen LogP contribution in [-0.2, 0) is 0 Å². The zero-order valence-electron chi connectivity index (χ0n) is 21.5. The van der Waals surface area contributed by atoms with E-state index >= 15 is 0 Å². The number of nitrogens with zero attached hydrogens (tertiary/aromatic N) is 1. The van der Waals surface area contributed by atoms with Gasteiger partial charge in [-0.25, -0.2) is 0 Å². The quantitative estimate of drug-likeness (QED) is 0.224. The van der Waals surface area contributed by atoms with Crippen molar-refractivity contribution in [3.05, 3.63) is 0 Å². The van der Waals surface area contributed by atoms with Crippen LogP contribution in [0.2, 0.25) is 0 Å². The second-order valence-corrected chi connectivity index (χ2v) is 6.73. The Kier molecular flexibility index (Phi) is 51.8. The maximum Gasteiger partial charge on any atom is -0.00187 e. The van der Waals surface area contributed by atoms with Crippen molar-refractivity contribution in [2.45, 2.75) is 152 Å². The molecule has 0 amide bonds. The van der Waals surface area contributed by atoms with Gasteiger partial charge in [-0.2, -0.15) is 0 Å². The van der Waals surface area contributed by atoms with Crippen LogP contribution < -0.4 is 0 Å². The van der Waals surface area contributed by atoms with Crippen LogP contribution in [0, 0.1) is 0 Å². The van der Waals surface area contributed by atoms with E-state index in [1.54, 1.807) is 0 Å². The first-order chi connectivity index (χ1) is 13.3. The Hall–Kier alpha value is -0.0400. The Bertz CT molecular complexity index is 179. The number of rotatable bonds is 17. The third-order valence-electron chi connectivity index (χ3n) is 4.45. The summed E-state index contributed by atoms with van der Waals surface area (Å²) in [4.78, 5) is 2.71. The Morgan fingerprint density at radius 3 is 0.926 bits per heavy atom. The maximum atomic E-state index is 2.71. The first kappa shape index (κ1) is 34.5. The van der Waals surface area contributed by atoms with Gasteiger partial charge >= 0.3 is 0 Å². The van der Waals surface area contributed by atoms with Crippen molar-refractivity contribution in [2.75, 3.05) is 19.6 Å². The fourth-order valence-corrected chi connectivity index (χ4v) is 3.06. The summed E-state index contributed by atoms with van der Waals surface area (Å²) in [5.74, 6) is 0. The summed E-state index contributed by atoms with van der Waals surface area (Å²) < 4.78 is 0. The minimum Gasteiger partial charge on any atom is -0.303 e. The van der Waals surface area contributed by atoms with Crippen LogP contribution in [0.3, 0.4) is 0 Å². The minimum absolute atomic E-state index is 1.31. The van der Waals surface area contributed by atoms with Crippen LogP contribution in [0.15, 0.2) is 0 Å². The highest BCUT2D eigenvalue weighted by Gasteiger charge is 2.03. The molecule has 0 aliphatic carbocycles. The molecule has 1 heteroatoms. The van der Waals surface area contributed by atoms with Gasteiger partial charge in [0.25, 0.3) is 0 Å². The third kappa shape index (κ3) is 37.4. The van der Waals surface area contributed by atoms with Crippen molar-refractivity contribution in [3.8, 4) is 0 Å². The van der Waals surface area contributed by atoms with Gasteiger partial charge in [0.2, 0.25) is 0 Å². The highest BCUT2D eigenvalue weighted by molar-refractivity contribution is 4.58. The molecule has 0 heterocycles. The van der Waals surface area contributed by atoms with E-state index in [1.807, 2.05) is 41.5 Å². The average Bonchev–Trinajstić information content (AvgIpc) is 2.74. The first-order valence-corrected chi connectivity index (χ1v) is 13.1. The molecule has 0 spiro atoms. The van der Waals surface area contributed by atoms with E-state index in [4.69, 9.17) is 0 Å². The SMILES string of the molecule is CC.CC.CC.CCCCCCCCCCN(CCC)CCCCCCC. The van der Waals surface area contributed by atoms with E-state index in [9.17, 15) is 0 Å². The van der Waals surface area contributed by atoms with Crippen LogP contribution in [0.4, 0.5) is 0 Å². The summed E-state index contributed by atoms with van der Waals surface area (Å²) in [6.45, 7) is 22.9. The lowest BCUT2D eigenvalue weighted by molar-refractivity contribution is 0.260. The number of hydrogen-bond acceptors (Lipinski definition) is 1. The number of hydrogen-bond donors (Lipinski definition) is 0. The van der Waals surface area contributed by atoms with Gasteiger partial charge < -0.3 is 4.90 Å². The molecule has 0 rings (SSSR count). The fourth-order valence-electron chi connectivity index (χ4n) is 3.06. The van der Waals surface area contributed by atoms with Gasteiger partial charge in [-0.05, 0) is 38.9 Å². The standard InChI is InChI=1S/C20H43N.3C2H6/c1-4-7-9-11-12-13-15-17-20-21(18-6-3)19-16-14-10-8-5-2;3*1-2/h4-20H2,1-3H3;3*1-2H3. The Morgan fingerprint density at radius 1 is 0.333 bits per heavy atom. The van der Waals surface area contributed by atoms with Crippen LogP contribution >= 0.6 is 0 Å². The number of unbranched alkanes of at least 4 members (excludes halogenated alkanes) is 11. The Balaban J connectivity index is -0.000000397. The van der Waals surface area contributed by atoms with Crippen molar-refractivity contribution >= 4 is 0 Å². The van der Waals surface area contributed by atoms with Gasteiger partial charge in [-0.1, -0.05) is 133 Å². The van der Waals surface area contributed by atoms with Crippen molar-refractivity contribution in [1.29, 1.82) is 0 Å². The van der Waals surface area contributed by atoms with Crippen LogP contribution in [0.5, 0.6) is 0 Å². The Labute approximate surface area is 177 Å². The van der Waals surface area contributed by atoms with E-state index in [1.165, 1.54) is 110 Å². The molecule has 1 nitrogen and oxygen atoms in total. The topological polar surface area (TPSA) is 3.24 Å². The van der Waals surface area contributed by atoms with Crippen LogP contribution in [0.1, 0.15) is 152 Å². The van der Waals surface area contributed by atoms with Gasteiger partial charge in [0, 0.05) is 0 Å². The highest BCUT2D eigenvalue weighted by atomic mass is 15.1. The van der Waals surface area contributed by atoms with E-state index in [0.717, 1.165) is 0 Å². The molecular weight excluding hydrogens is 326 g/mol. The van der Waals surface area contributed by atoms with Crippen molar-refractivity contribution in [2.24, 2.45) is 0 Å². The fraction of sp³-hybridized carbons (Fsp3) is 1.00. The highest BCUT2D eigenvalue weighted by Crippen LogP contribution is 2.10. The smallest absolute Gasteiger partial charge is 0.00187 e. The summed E-state index contributed by atoms with van der Waals surface area (Å²) >= 11 is 0. The molecule has 0 aliphatic rings. The molecule has 0 aromatic rings. The van der Waals surface area contributed by atoms with E-state index in [0.29, 0.717) is 0 Å². The van der Waals surface area contributed by atoms with Gasteiger partial charge in [-0.15, -0.1) is 0 Å². The van der Waals surface area contributed by atoms with Gasteiger partial charge in [0.15, 0.2) is 0 Å². The molecule has 0 aromatic carbocycles. The van der Waals surface area contributed by atoms with Gasteiger partial charge in [0.05, 0.1) is 0 Å². The van der Waals surface area contributed by atoms with E-state index < -0.39 is 0 Å².